The molecule has 104 valence electrons. The summed E-state index contributed by atoms with van der Waals surface area (Å²) in [5.41, 5.74) is 0.138. The number of nitrogens with zero attached hydrogens (tertiary/aromatic N) is 2. The van der Waals surface area contributed by atoms with E-state index in [-0.39, 0.29) is 17.2 Å². The molecule has 0 heterocycles. The highest BCUT2D eigenvalue weighted by Crippen LogP contribution is 2.38. The van der Waals surface area contributed by atoms with Gasteiger partial charge in [-0.2, -0.15) is 0 Å². The molecule has 0 spiro atoms. The van der Waals surface area contributed by atoms with Crippen LogP contribution in [0.4, 0.5) is 5.69 Å². The Morgan fingerprint density at radius 1 is 1.53 bits per heavy atom. The SMILES string of the molecule is CCCCOc1c(OC)cc(/C=N\O)cc1[N+](=O)[O-]. The van der Waals surface area contributed by atoms with Crippen molar-refractivity contribution in [3.8, 4) is 11.5 Å². The fourth-order valence-corrected chi connectivity index (χ4v) is 1.50. The molecule has 0 amide bonds. The van der Waals surface area contributed by atoms with Gasteiger partial charge in [0.15, 0.2) is 5.75 Å². The minimum absolute atomic E-state index is 0.0936. The molecule has 7 nitrogen and oxygen atoms in total. The van der Waals surface area contributed by atoms with Crippen LogP contribution in [0, 0.1) is 10.1 Å². The van der Waals surface area contributed by atoms with Gasteiger partial charge < -0.3 is 14.7 Å². The Labute approximate surface area is 110 Å². The molecule has 0 saturated carbocycles. The summed E-state index contributed by atoms with van der Waals surface area (Å²) in [5.74, 6) is 0.330. The molecular weight excluding hydrogens is 252 g/mol. The average Bonchev–Trinajstić information content (AvgIpc) is 2.39. The number of nitro groups is 1. The summed E-state index contributed by atoms with van der Waals surface area (Å²) in [4.78, 5) is 10.5. The molecule has 0 unspecified atom stereocenters. The van der Waals surface area contributed by atoms with Crippen molar-refractivity contribution >= 4 is 11.9 Å². The van der Waals surface area contributed by atoms with Crippen LogP contribution in [0.25, 0.3) is 0 Å². The van der Waals surface area contributed by atoms with Gasteiger partial charge in [-0.15, -0.1) is 0 Å². The topological polar surface area (TPSA) is 94.2 Å². The molecule has 0 aliphatic rings. The summed E-state index contributed by atoms with van der Waals surface area (Å²) in [6.07, 6.45) is 2.80. The Kier molecular flexibility index (Phi) is 5.59. The lowest BCUT2D eigenvalue weighted by Crippen LogP contribution is -2.03. The van der Waals surface area contributed by atoms with Gasteiger partial charge in [0.2, 0.25) is 5.75 Å². The van der Waals surface area contributed by atoms with Crippen LogP contribution in [0.1, 0.15) is 25.3 Å². The van der Waals surface area contributed by atoms with Crippen LogP contribution < -0.4 is 9.47 Å². The number of hydrogen-bond acceptors (Lipinski definition) is 6. The molecule has 0 aliphatic heterocycles. The first-order valence-electron chi connectivity index (χ1n) is 5.80. The highest BCUT2D eigenvalue weighted by Gasteiger charge is 2.21. The number of nitro benzene ring substituents is 1. The summed E-state index contributed by atoms with van der Waals surface area (Å²) in [6, 6.07) is 2.78. The fraction of sp³-hybridized carbons (Fsp3) is 0.417. The summed E-state index contributed by atoms with van der Waals surface area (Å²) in [6.45, 7) is 2.37. The second-order valence-corrected chi connectivity index (χ2v) is 3.78. The molecule has 0 aromatic heterocycles. The third kappa shape index (κ3) is 3.84. The van der Waals surface area contributed by atoms with Gasteiger partial charge >= 0.3 is 5.69 Å². The molecule has 19 heavy (non-hydrogen) atoms. The first-order valence-corrected chi connectivity index (χ1v) is 5.80. The minimum Gasteiger partial charge on any atom is -0.493 e. The molecule has 7 heteroatoms. The van der Waals surface area contributed by atoms with Crippen molar-refractivity contribution in [1.29, 1.82) is 0 Å². The molecule has 0 saturated heterocycles. The molecule has 0 atom stereocenters. The van der Waals surface area contributed by atoms with Crippen molar-refractivity contribution in [3.63, 3.8) is 0 Å². The Hall–Kier alpha value is -2.31. The summed E-state index contributed by atoms with van der Waals surface area (Å²) in [5, 5.41) is 22.4. The molecule has 1 N–H and O–H groups in total. The number of rotatable bonds is 7. The normalized spacial score (nSPS) is 10.6. The van der Waals surface area contributed by atoms with E-state index in [2.05, 4.69) is 5.16 Å². The first kappa shape index (κ1) is 14.7. The Bertz CT molecular complexity index is 473. The summed E-state index contributed by atoms with van der Waals surface area (Å²) >= 11 is 0. The number of benzene rings is 1. The number of unbranched alkanes of at least 4 members (excludes halogenated alkanes) is 1. The second kappa shape index (κ2) is 7.20. The minimum atomic E-state index is -0.557. The number of methoxy groups -OCH3 is 1. The lowest BCUT2D eigenvalue weighted by atomic mass is 10.2. The van der Waals surface area contributed by atoms with Crippen LogP contribution in [0.3, 0.4) is 0 Å². The predicted octanol–water partition coefficient (Wildman–Crippen LogP) is 2.59. The van der Waals surface area contributed by atoms with Crippen LogP contribution in [0.2, 0.25) is 0 Å². The second-order valence-electron chi connectivity index (χ2n) is 3.78. The van der Waals surface area contributed by atoms with Crippen LogP contribution in [-0.4, -0.2) is 30.1 Å². The first-order chi connectivity index (χ1) is 9.13. The van der Waals surface area contributed by atoms with Gasteiger partial charge in [0.05, 0.1) is 24.9 Å². The zero-order valence-electron chi connectivity index (χ0n) is 10.8. The van der Waals surface area contributed by atoms with E-state index in [0.29, 0.717) is 12.2 Å². The van der Waals surface area contributed by atoms with Gasteiger partial charge in [-0.25, -0.2) is 0 Å². The maximum absolute atomic E-state index is 11.0. The zero-order chi connectivity index (χ0) is 14.3. The molecule has 1 aromatic carbocycles. The molecule has 1 aromatic rings. The van der Waals surface area contributed by atoms with Gasteiger partial charge in [-0.3, -0.25) is 10.1 Å². The molecule has 0 radical (unpaired) electrons. The highest BCUT2D eigenvalue weighted by molar-refractivity contribution is 5.82. The lowest BCUT2D eigenvalue weighted by Gasteiger charge is -2.11. The number of ether oxygens (including phenoxy) is 2. The maximum Gasteiger partial charge on any atom is 0.315 e. The Balaban J connectivity index is 3.20. The summed E-state index contributed by atoms with van der Waals surface area (Å²) < 4.78 is 10.5. The third-order valence-corrected chi connectivity index (χ3v) is 2.43. The largest absolute Gasteiger partial charge is 0.493 e. The fourth-order valence-electron chi connectivity index (χ4n) is 1.50. The zero-order valence-corrected chi connectivity index (χ0v) is 10.8. The van der Waals surface area contributed by atoms with Gasteiger partial charge in [0.1, 0.15) is 0 Å². The number of hydrogen-bond donors (Lipinski definition) is 1. The quantitative estimate of drug-likeness (QED) is 0.269. The van der Waals surface area contributed by atoms with E-state index >= 15 is 0 Å². The van der Waals surface area contributed by atoms with Crippen molar-refractivity contribution < 1.29 is 19.6 Å². The van der Waals surface area contributed by atoms with E-state index in [1.165, 1.54) is 19.2 Å². The van der Waals surface area contributed by atoms with Crippen molar-refractivity contribution in [3.05, 3.63) is 27.8 Å². The van der Waals surface area contributed by atoms with E-state index in [4.69, 9.17) is 14.7 Å². The smallest absolute Gasteiger partial charge is 0.315 e. The van der Waals surface area contributed by atoms with Gasteiger partial charge in [-0.1, -0.05) is 18.5 Å². The van der Waals surface area contributed by atoms with Crippen molar-refractivity contribution in [2.75, 3.05) is 13.7 Å². The van der Waals surface area contributed by atoms with E-state index in [9.17, 15) is 10.1 Å². The van der Waals surface area contributed by atoms with Crippen LogP contribution in [0.15, 0.2) is 17.3 Å². The third-order valence-electron chi connectivity index (χ3n) is 2.43. The van der Waals surface area contributed by atoms with E-state index < -0.39 is 4.92 Å². The maximum atomic E-state index is 11.0. The predicted molar refractivity (Wildman–Crippen MR) is 69.4 cm³/mol. The highest BCUT2D eigenvalue weighted by atomic mass is 16.6. The van der Waals surface area contributed by atoms with Gasteiger partial charge in [0.25, 0.3) is 0 Å². The molecule has 0 bridgehead atoms. The summed E-state index contributed by atoms with van der Waals surface area (Å²) in [7, 11) is 1.39. The van der Waals surface area contributed by atoms with Gasteiger partial charge in [0, 0.05) is 11.6 Å². The molecule has 1 rings (SSSR count). The van der Waals surface area contributed by atoms with Gasteiger partial charge in [-0.05, 0) is 12.5 Å². The monoisotopic (exact) mass is 268 g/mol. The Morgan fingerprint density at radius 2 is 2.26 bits per heavy atom. The molecule has 0 aliphatic carbocycles. The standard InChI is InChI=1S/C12H16N2O5/c1-3-4-5-19-12-10(14(16)17)6-9(8-13-15)7-11(12)18-2/h6-8,15H,3-5H2,1-2H3/b13-8-. The van der Waals surface area contributed by atoms with Crippen LogP contribution in [-0.2, 0) is 0 Å². The lowest BCUT2D eigenvalue weighted by molar-refractivity contribution is -0.386. The Morgan fingerprint density at radius 3 is 2.79 bits per heavy atom. The van der Waals surface area contributed by atoms with Crippen molar-refractivity contribution in [2.24, 2.45) is 5.16 Å². The number of oxime groups is 1. The average molecular weight is 268 g/mol. The van der Waals surface area contributed by atoms with Crippen LogP contribution >= 0.6 is 0 Å². The van der Waals surface area contributed by atoms with E-state index in [1.54, 1.807) is 0 Å². The van der Waals surface area contributed by atoms with E-state index in [0.717, 1.165) is 19.1 Å². The molecule has 0 fully saturated rings. The molecular formula is C12H16N2O5. The van der Waals surface area contributed by atoms with Crippen molar-refractivity contribution in [2.45, 2.75) is 19.8 Å². The van der Waals surface area contributed by atoms with Crippen molar-refractivity contribution in [1.82, 2.24) is 0 Å². The van der Waals surface area contributed by atoms with Crippen LogP contribution in [0.5, 0.6) is 11.5 Å². The van der Waals surface area contributed by atoms with E-state index in [1.807, 2.05) is 6.92 Å².